The minimum Gasteiger partial charge on any atom is -0.350 e. The monoisotopic (exact) mass is 332 g/mol. The van der Waals surface area contributed by atoms with Crippen LogP contribution in [0, 0.1) is 0 Å². The smallest absolute Gasteiger partial charge is 0.252 e. The summed E-state index contributed by atoms with van der Waals surface area (Å²) in [5, 5.41) is 7.34. The molecule has 1 aliphatic rings. The molecule has 0 saturated carbocycles. The van der Waals surface area contributed by atoms with Gasteiger partial charge in [-0.2, -0.15) is 0 Å². The lowest BCUT2D eigenvalue weighted by Crippen LogP contribution is -2.37. The van der Waals surface area contributed by atoms with E-state index in [1.165, 1.54) is 6.42 Å². The van der Waals surface area contributed by atoms with Gasteiger partial charge in [0.15, 0.2) is 0 Å². The third-order valence-electron chi connectivity index (χ3n) is 4.59. The molecule has 1 saturated heterocycles. The van der Waals surface area contributed by atoms with E-state index in [1.807, 2.05) is 42.5 Å². The Hall–Kier alpha value is -2.79. The Morgan fingerprint density at radius 3 is 2.96 bits per heavy atom. The van der Waals surface area contributed by atoms with Gasteiger partial charge in [-0.15, -0.1) is 0 Å². The number of hydrogen-bond donors (Lipinski definition) is 2. The predicted octanol–water partition coefficient (Wildman–Crippen LogP) is 2.78. The Morgan fingerprint density at radius 1 is 1.24 bits per heavy atom. The highest BCUT2D eigenvalue weighted by Gasteiger charge is 2.17. The van der Waals surface area contributed by atoms with Crippen molar-refractivity contribution in [2.24, 2.45) is 0 Å². The zero-order valence-electron chi connectivity index (χ0n) is 13.9. The molecule has 1 aliphatic heterocycles. The van der Waals surface area contributed by atoms with Gasteiger partial charge in [-0.3, -0.25) is 9.78 Å². The van der Waals surface area contributed by atoms with Gasteiger partial charge >= 0.3 is 0 Å². The highest BCUT2D eigenvalue weighted by molar-refractivity contribution is 6.07. The van der Waals surface area contributed by atoms with Crippen molar-refractivity contribution in [3.05, 3.63) is 60.4 Å². The maximum Gasteiger partial charge on any atom is 0.252 e. The largest absolute Gasteiger partial charge is 0.350 e. The quantitative estimate of drug-likeness (QED) is 0.771. The number of para-hydroxylation sites is 1. The van der Waals surface area contributed by atoms with E-state index in [0.717, 1.165) is 35.1 Å². The molecular weight excluding hydrogens is 312 g/mol. The Morgan fingerprint density at radius 2 is 2.16 bits per heavy atom. The summed E-state index contributed by atoms with van der Waals surface area (Å²) >= 11 is 0. The zero-order chi connectivity index (χ0) is 17.1. The van der Waals surface area contributed by atoms with Crippen molar-refractivity contribution in [1.82, 2.24) is 20.6 Å². The summed E-state index contributed by atoms with van der Waals surface area (Å²) in [7, 11) is 0. The molecular formula is C20H20N4O. The van der Waals surface area contributed by atoms with E-state index in [9.17, 15) is 4.79 Å². The lowest BCUT2D eigenvalue weighted by Gasteiger charge is -2.13. The van der Waals surface area contributed by atoms with Crippen molar-refractivity contribution in [1.29, 1.82) is 0 Å². The van der Waals surface area contributed by atoms with Crippen molar-refractivity contribution in [3.8, 4) is 11.3 Å². The topological polar surface area (TPSA) is 66.9 Å². The molecule has 1 fully saturated rings. The maximum absolute atomic E-state index is 12.8. The van der Waals surface area contributed by atoms with E-state index in [-0.39, 0.29) is 5.91 Å². The normalized spacial score (nSPS) is 16.9. The SMILES string of the molecule is O=C(NCC1CCCN1)c1cc(-c2cccnc2)nc2ccccc12. The van der Waals surface area contributed by atoms with E-state index >= 15 is 0 Å². The minimum atomic E-state index is -0.0579. The summed E-state index contributed by atoms with van der Waals surface area (Å²) in [5.41, 5.74) is 3.13. The molecule has 0 bridgehead atoms. The number of carbonyl (C=O) groups is 1. The molecule has 1 amide bonds. The lowest BCUT2D eigenvalue weighted by molar-refractivity contribution is 0.0952. The van der Waals surface area contributed by atoms with E-state index in [4.69, 9.17) is 4.98 Å². The fourth-order valence-electron chi connectivity index (χ4n) is 3.27. The zero-order valence-corrected chi connectivity index (χ0v) is 13.9. The van der Waals surface area contributed by atoms with Gasteiger partial charge in [0.25, 0.3) is 5.91 Å². The van der Waals surface area contributed by atoms with Crippen LogP contribution in [-0.2, 0) is 0 Å². The number of fused-ring (bicyclic) bond motifs is 1. The van der Waals surface area contributed by atoms with Crippen LogP contribution in [0.25, 0.3) is 22.2 Å². The molecule has 3 heterocycles. The van der Waals surface area contributed by atoms with Crippen LogP contribution in [0.15, 0.2) is 54.9 Å². The second-order valence-electron chi connectivity index (χ2n) is 6.32. The van der Waals surface area contributed by atoms with Gasteiger partial charge in [0.2, 0.25) is 0 Å². The second kappa shape index (κ2) is 6.99. The number of aromatic nitrogens is 2. The van der Waals surface area contributed by atoms with Gasteiger partial charge in [-0.05, 0) is 43.7 Å². The van der Waals surface area contributed by atoms with Crippen molar-refractivity contribution in [3.63, 3.8) is 0 Å². The molecule has 2 N–H and O–H groups in total. The highest BCUT2D eigenvalue weighted by atomic mass is 16.1. The van der Waals surface area contributed by atoms with Gasteiger partial charge in [-0.1, -0.05) is 18.2 Å². The van der Waals surface area contributed by atoms with Gasteiger partial charge in [-0.25, -0.2) is 4.98 Å². The van der Waals surface area contributed by atoms with E-state index in [2.05, 4.69) is 15.6 Å². The van der Waals surface area contributed by atoms with Crippen LogP contribution in [0.5, 0.6) is 0 Å². The summed E-state index contributed by atoms with van der Waals surface area (Å²) in [5.74, 6) is -0.0579. The van der Waals surface area contributed by atoms with Gasteiger partial charge in [0.05, 0.1) is 16.8 Å². The molecule has 0 radical (unpaired) electrons. The number of hydrogen-bond acceptors (Lipinski definition) is 4. The van der Waals surface area contributed by atoms with E-state index in [1.54, 1.807) is 12.4 Å². The van der Waals surface area contributed by atoms with Gasteiger partial charge in [0.1, 0.15) is 0 Å². The summed E-state index contributed by atoms with van der Waals surface area (Å²) < 4.78 is 0. The third kappa shape index (κ3) is 3.37. The van der Waals surface area contributed by atoms with Crippen LogP contribution in [0.3, 0.4) is 0 Å². The fraction of sp³-hybridized carbons (Fsp3) is 0.250. The molecule has 4 rings (SSSR count). The van der Waals surface area contributed by atoms with E-state index in [0.29, 0.717) is 18.2 Å². The molecule has 5 nitrogen and oxygen atoms in total. The Bertz CT molecular complexity index is 889. The average Bonchev–Trinajstić information content (AvgIpc) is 3.19. The molecule has 1 unspecified atom stereocenters. The molecule has 126 valence electrons. The molecule has 1 atom stereocenters. The Kier molecular flexibility index (Phi) is 4.39. The summed E-state index contributed by atoms with van der Waals surface area (Å²) in [4.78, 5) is 21.7. The summed E-state index contributed by atoms with van der Waals surface area (Å²) in [6.07, 6.45) is 5.77. The van der Waals surface area contributed by atoms with Gasteiger partial charge < -0.3 is 10.6 Å². The van der Waals surface area contributed by atoms with Crippen LogP contribution < -0.4 is 10.6 Å². The summed E-state index contributed by atoms with van der Waals surface area (Å²) in [6, 6.07) is 13.8. The van der Waals surface area contributed by atoms with Crippen LogP contribution >= 0.6 is 0 Å². The fourth-order valence-corrected chi connectivity index (χ4v) is 3.27. The number of benzene rings is 1. The molecule has 2 aromatic heterocycles. The second-order valence-corrected chi connectivity index (χ2v) is 6.32. The minimum absolute atomic E-state index is 0.0579. The summed E-state index contributed by atoms with van der Waals surface area (Å²) in [6.45, 7) is 1.68. The highest BCUT2D eigenvalue weighted by Crippen LogP contribution is 2.24. The van der Waals surface area contributed by atoms with Crippen LogP contribution in [0.1, 0.15) is 23.2 Å². The standard InChI is InChI=1S/C20H20N4O/c25-20(23-13-15-6-4-10-22-15)17-11-19(14-5-3-9-21-12-14)24-18-8-2-1-7-16(17)18/h1-3,5,7-9,11-12,15,22H,4,6,10,13H2,(H,23,25). The maximum atomic E-state index is 12.8. The predicted molar refractivity (Wildman–Crippen MR) is 98.3 cm³/mol. The number of nitrogens with zero attached hydrogens (tertiary/aromatic N) is 2. The lowest BCUT2D eigenvalue weighted by atomic mass is 10.0. The Balaban J connectivity index is 1.69. The molecule has 3 aromatic rings. The molecule has 5 heteroatoms. The van der Waals surface area contributed by atoms with Crippen LogP contribution in [0.2, 0.25) is 0 Å². The number of pyridine rings is 2. The molecule has 25 heavy (non-hydrogen) atoms. The van der Waals surface area contributed by atoms with Crippen molar-refractivity contribution in [2.75, 3.05) is 13.1 Å². The number of rotatable bonds is 4. The van der Waals surface area contributed by atoms with Crippen molar-refractivity contribution in [2.45, 2.75) is 18.9 Å². The molecule has 0 spiro atoms. The van der Waals surface area contributed by atoms with E-state index < -0.39 is 0 Å². The Labute approximate surface area is 146 Å². The van der Waals surface area contributed by atoms with Crippen molar-refractivity contribution < 1.29 is 4.79 Å². The van der Waals surface area contributed by atoms with Gasteiger partial charge in [0, 0.05) is 35.9 Å². The molecule has 1 aromatic carbocycles. The number of amides is 1. The van der Waals surface area contributed by atoms with Crippen LogP contribution in [-0.4, -0.2) is 35.0 Å². The van der Waals surface area contributed by atoms with Crippen LogP contribution in [0.4, 0.5) is 0 Å². The average molecular weight is 332 g/mol. The number of nitrogens with one attached hydrogen (secondary N) is 2. The third-order valence-corrected chi connectivity index (χ3v) is 4.59. The number of carbonyl (C=O) groups excluding carboxylic acids is 1. The van der Waals surface area contributed by atoms with Crippen molar-refractivity contribution >= 4 is 16.8 Å². The first-order valence-electron chi connectivity index (χ1n) is 8.63. The first-order valence-corrected chi connectivity index (χ1v) is 8.63. The molecule has 0 aliphatic carbocycles. The first kappa shape index (κ1) is 15.7. The first-order chi connectivity index (χ1) is 12.3.